The van der Waals surface area contributed by atoms with Gasteiger partial charge in [0.2, 0.25) is 0 Å². The van der Waals surface area contributed by atoms with Crippen molar-refractivity contribution in [3.63, 3.8) is 0 Å². The Morgan fingerprint density at radius 1 is 1.33 bits per heavy atom. The van der Waals surface area contributed by atoms with E-state index in [9.17, 15) is 4.79 Å². The van der Waals surface area contributed by atoms with E-state index in [4.69, 9.17) is 4.42 Å². The second-order valence-corrected chi connectivity index (χ2v) is 5.07. The Hall–Kier alpha value is -1.29. The quantitative estimate of drug-likeness (QED) is 0.845. The lowest BCUT2D eigenvalue weighted by molar-refractivity contribution is 0.0938. The zero-order valence-electron chi connectivity index (χ0n) is 12.0. The Kier molecular flexibility index (Phi) is 5.41. The maximum absolute atomic E-state index is 11.9. The molecule has 1 amide bonds. The van der Waals surface area contributed by atoms with Crippen molar-refractivity contribution in [2.75, 3.05) is 13.1 Å². The van der Waals surface area contributed by atoms with Crippen LogP contribution in [0.1, 0.15) is 43.8 Å². The molecule has 0 radical (unpaired) electrons. The maximum atomic E-state index is 11.9. The molecule has 4 nitrogen and oxygen atoms in total. The van der Waals surface area contributed by atoms with Crippen LogP contribution in [0.3, 0.4) is 0 Å². The van der Waals surface area contributed by atoms with Crippen LogP contribution in [0.15, 0.2) is 16.7 Å². The van der Waals surface area contributed by atoms with E-state index < -0.39 is 0 Å². The van der Waals surface area contributed by atoms with Gasteiger partial charge in [-0.3, -0.25) is 9.69 Å². The molecule has 0 unspecified atom stereocenters. The van der Waals surface area contributed by atoms with Gasteiger partial charge in [-0.15, -0.1) is 0 Å². The molecule has 0 bridgehead atoms. The minimum Gasteiger partial charge on any atom is -0.469 e. The zero-order chi connectivity index (χ0) is 13.7. The summed E-state index contributed by atoms with van der Waals surface area (Å²) in [6, 6.07) is 2.67. The molecule has 0 aromatic carbocycles. The molecule has 0 spiro atoms. The third kappa shape index (κ3) is 3.88. The standard InChI is InChI=1S/C14H24N2O2/c1-10(2)16(11(3)4)8-7-15-14(17)13-6-9-18-12(13)5/h6,9-11H,7-8H2,1-5H3,(H,15,17). The molecule has 0 aliphatic rings. The van der Waals surface area contributed by atoms with Gasteiger partial charge in [0.15, 0.2) is 0 Å². The van der Waals surface area contributed by atoms with Gasteiger partial charge in [0.1, 0.15) is 5.76 Å². The second-order valence-electron chi connectivity index (χ2n) is 5.07. The van der Waals surface area contributed by atoms with Crippen molar-refractivity contribution in [2.24, 2.45) is 0 Å². The summed E-state index contributed by atoms with van der Waals surface area (Å²) in [5.41, 5.74) is 0.621. The summed E-state index contributed by atoms with van der Waals surface area (Å²) < 4.78 is 5.12. The maximum Gasteiger partial charge on any atom is 0.254 e. The number of carbonyl (C=O) groups excluding carboxylic acids is 1. The molecule has 0 fully saturated rings. The predicted octanol–water partition coefficient (Wildman–Crippen LogP) is 2.44. The van der Waals surface area contributed by atoms with Crippen LogP contribution in [-0.4, -0.2) is 36.0 Å². The molecule has 0 aliphatic heterocycles. The molecule has 1 heterocycles. The molecule has 0 saturated heterocycles. The number of hydrogen-bond acceptors (Lipinski definition) is 3. The first kappa shape index (κ1) is 14.8. The Morgan fingerprint density at radius 2 is 1.94 bits per heavy atom. The van der Waals surface area contributed by atoms with Crippen molar-refractivity contribution < 1.29 is 9.21 Å². The third-order valence-corrected chi connectivity index (χ3v) is 3.09. The van der Waals surface area contributed by atoms with Gasteiger partial charge in [0.25, 0.3) is 5.91 Å². The molecule has 102 valence electrons. The fraction of sp³-hybridized carbons (Fsp3) is 0.643. The van der Waals surface area contributed by atoms with E-state index in [1.165, 1.54) is 0 Å². The molecule has 18 heavy (non-hydrogen) atoms. The zero-order valence-corrected chi connectivity index (χ0v) is 12.0. The fourth-order valence-corrected chi connectivity index (χ4v) is 2.13. The molecule has 1 N–H and O–H groups in total. The smallest absolute Gasteiger partial charge is 0.254 e. The minimum atomic E-state index is -0.0614. The first-order valence-electron chi connectivity index (χ1n) is 6.51. The number of amides is 1. The van der Waals surface area contributed by atoms with Gasteiger partial charge in [0, 0.05) is 25.2 Å². The van der Waals surface area contributed by atoms with E-state index in [2.05, 4.69) is 37.9 Å². The molecule has 1 rings (SSSR count). The highest BCUT2D eigenvalue weighted by Gasteiger charge is 2.14. The summed E-state index contributed by atoms with van der Waals surface area (Å²) in [7, 11) is 0. The number of nitrogens with one attached hydrogen (secondary N) is 1. The first-order chi connectivity index (χ1) is 8.43. The van der Waals surface area contributed by atoms with Crippen molar-refractivity contribution in [2.45, 2.75) is 46.7 Å². The number of rotatable bonds is 6. The van der Waals surface area contributed by atoms with Crippen molar-refractivity contribution in [1.82, 2.24) is 10.2 Å². The lowest BCUT2D eigenvalue weighted by Gasteiger charge is -2.30. The number of aryl methyl sites for hydroxylation is 1. The number of carbonyl (C=O) groups is 1. The predicted molar refractivity (Wildman–Crippen MR) is 72.8 cm³/mol. The summed E-state index contributed by atoms with van der Waals surface area (Å²) in [5, 5.41) is 2.93. The van der Waals surface area contributed by atoms with Gasteiger partial charge in [-0.1, -0.05) is 0 Å². The summed E-state index contributed by atoms with van der Waals surface area (Å²) in [6.45, 7) is 12.0. The number of furan rings is 1. The van der Waals surface area contributed by atoms with Crippen LogP contribution in [-0.2, 0) is 0 Å². The van der Waals surface area contributed by atoms with E-state index in [1.807, 2.05) is 0 Å². The van der Waals surface area contributed by atoms with E-state index in [1.54, 1.807) is 19.3 Å². The van der Waals surface area contributed by atoms with Crippen LogP contribution in [0.5, 0.6) is 0 Å². The van der Waals surface area contributed by atoms with E-state index in [-0.39, 0.29) is 5.91 Å². The molecule has 0 aliphatic carbocycles. The molecule has 0 atom stereocenters. The van der Waals surface area contributed by atoms with Crippen LogP contribution in [0.25, 0.3) is 0 Å². The Bertz CT molecular complexity index is 375. The van der Waals surface area contributed by atoms with Gasteiger partial charge in [0.05, 0.1) is 11.8 Å². The second kappa shape index (κ2) is 6.59. The summed E-state index contributed by atoms with van der Waals surface area (Å²) in [5.74, 6) is 0.603. The van der Waals surface area contributed by atoms with Crippen molar-refractivity contribution in [3.05, 3.63) is 23.7 Å². The fourth-order valence-electron chi connectivity index (χ4n) is 2.13. The highest BCUT2D eigenvalue weighted by Crippen LogP contribution is 2.08. The van der Waals surface area contributed by atoms with E-state index >= 15 is 0 Å². The van der Waals surface area contributed by atoms with Crippen LogP contribution in [0, 0.1) is 6.92 Å². The lowest BCUT2D eigenvalue weighted by atomic mass is 10.2. The topological polar surface area (TPSA) is 45.5 Å². The minimum absolute atomic E-state index is 0.0614. The third-order valence-electron chi connectivity index (χ3n) is 3.09. The van der Waals surface area contributed by atoms with Gasteiger partial charge in [-0.05, 0) is 40.7 Å². The first-order valence-corrected chi connectivity index (χ1v) is 6.51. The average Bonchev–Trinajstić information content (AvgIpc) is 2.69. The SMILES string of the molecule is Cc1occc1C(=O)NCCN(C(C)C)C(C)C. The monoisotopic (exact) mass is 252 g/mol. The van der Waals surface area contributed by atoms with Crippen LogP contribution in [0.4, 0.5) is 0 Å². The highest BCUT2D eigenvalue weighted by molar-refractivity contribution is 5.94. The molecular weight excluding hydrogens is 228 g/mol. The normalized spacial score (nSPS) is 11.6. The molecule has 1 aromatic rings. The molecule has 0 saturated carbocycles. The van der Waals surface area contributed by atoms with Gasteiger partial charge < -0.3 is 9.73 Å². The molecule has 4 heteroatoms. The van der Waals surface area contributed by atoms with Crippen LogP contribution >= 0.6 is 0 Å². The van der Waals surface area contributed by atoms with Gasteiger partial charge in [-0.2, -0.15) is 0 Å². The van der Waals surface area contributed by atoms with Crippen molar-refractivity contribution in [1.29, 1.82) is 0 Å². The molecular formula is C14H24N2O2. The summed E-state index contributed by atoms with van der Waals surface area (Å²) >= 11 is 0. The number of nitrogens with zero attached hydrogens (tertiary/aromatic N) is 1. The van der Waals surface area contributed by atoms with Crippen LogP contribution < -0.4 is 5.32 Å². The average molecular weight is 252 g/mol. The lowest BCUT2D eigenvalue weighted by Crippen LogP contribution is -2.42. The van der Waals surface area contributed by atoms with Gasteiger partial charge in [-0.25, -0.2) is 0 Å². The Labute approximate surface area is 109 Å². The van der Waals surface area contributed by atoms with Crippen molar-refractivity contribution in [3.8, 4) is 0 Å². The van der Waals surface area contributed by atoms with Crippen molar-refractivity contribution >= 4 is 5.91 Å². The largest absolute Gasteiger partial charge is 0.469 e. The number of hydrogen-bond donors (Lipinski definition) is 1. The van der Waals surface area contributed by atoms with E-state index in [0.717, 1.165) is 6.54 Å². The Balaban J connectivity index is 2.42. The Morgan fingerprint density at radius 3 is 2.39 bits per heavy atom. The summed E-state index contributed by atoms with van der Waals surface area (Å²) in [4.78, 5) is 14.2. The van der Waals surface area contributed by atoms with Crippen LogP contribution in [0.2, 0.25) is 0 Å². The van der Waals surface area contributed by atoms with E-state index in [0.29, 0.717) is 30.0 Å². The summed E-state index contributed by atoms with van der Waals surface area (Å²) in [6.07, 6.45) is 1.54. The molecule has 1 aromatic heterocycles. The highest BCUT2D eigenvalue weighted by atomic mass is 16.3. The van der Waals surface area contributed by atoms with Gasteiger partial charge >= 0.3 is 0 Å².